The first-order chi connectivity index (χ1) is 19.1. The summed E-state index contributed by atoms with van der Waals surface area (Å²) in [5, 5.41) is 19.8. The van der Waals surface area contributed by atoms with Crippen LogP contribution in [0.3, 0.4) is 0 Å². The predicted octanol–water partition coefficient (Wildman–Crippen LogP) is 4.21. The zero-order chi connectivity index (χ0) is 28.6. The number of hydrogen-bond donors (Lipinski definition) is 5. The molecule has 2 saturated carbocycles. The Balaban J connectivity index is 1.37. The fraction of sp³-hybridized carbons (Fsp3) is 0.533. The summed E-state index contributed by atoms with van der Waals surface area (Å²) in [6.45, 7) is 5.68. The number of imidazole rings is 1. The molecule has 2 bridgehead atoms. The number of aromatic carboxylic acids is 1. The number of urea groups is 1. The summed E-state index contributed by atoms with van der Waals surface area (Å²) in [4.78, 5) is 45.9. The van der Waals surface area contributed by atoms with E-state index in [1.165, 1.54) is 12.8 Å². The third kappa shape index (κ3) is 5.85. The molecule has 214 valence electrons. The number of carboxylic acid groups (broad SMARTS) is 1. The minimum atomic E-state index is -1.13. The minimum absolute atomic E-state index is 0.0748. The summed E-state index contributed by atoms with van der Waals surface area (Å²) in [5.41, 5.74) is 2.40. The molecule has 3 amide bonds. The zero-order valence-corrected chi connectivity index (χ0v) is 23.7. The number of aromatic amines is 1. The van der Waals surface area contributed by atoms with Crippen LogP contribution in [0.25, 0.3) is 10.9 Å². The third-order valence-electron chi connectivity index (χ3n) is 8.54. The maximum atomic E-state index is 13.7. The van der Waals surface area contributed by atoms with Crippen LogP contribution in [0.4, 0.5) is 4.79 Å². The van der Waals surface area contributed by atoms with Crippen molar-refractivity contribution in [2.75, 3.05) is 0 Å². The van der Waals surface area contributed by atoms with Crippen molar-refractivity contribution < 1.29 is 19.5 Å². The fourth-order valence-corrected chi connectivity index (χ4v) is 6.65. The Morgan fingerprint density at radius 1 is 1.15 bits per heavy atom. The summed E-state index contributed by atoms with van der Waals surface area (Å²) >= 11 is 0. The van der Waals surface area contributed by atoms with Crippen LogP contribution < -0.4 is 16.0 Å². The Kier molecular flexibility index (Phi) is 7.87. The van der Waals surface area contributed by atoms with Crippen molar-refractivity contribution in [2.24, 2.45) is 24.8 Å². The molecular formula is C30H40N6O4. The van der Waals surface area contributed by atoms with Crippen molar-refractivity contribution in [3.63, 3.8) is 0 Å². The van der Waals surface area contributed by atoms with E-state index in [0.29, 0.717) is 36.2 Å². The molecule has 2 aromatic heterocycles. The number of carbonyl (C=O) groups is 3. The number of nitrogens with one attached hydrogen (secondary N) is 4. The first-order valence-electron chi connectivity index (χ1n) is 14.3. The second-order valence-corrected chi connectivity index (χ2v) is 12.0. The van der Waals surface area contributed by atoms with Gasteiger partial charge < -0.3 is 30.6 Å². The highest BCUT2D eigenvalue weighted by Gasteiger charge is 2.40. The van der Waals surface area contributed by atoms with E-state index >= 15 is 0 Å². The highest BCUT2D eigenvalue weighted by molar-refractivity contribution is 5.88. The van der Waals surface area contributed by atoms with Gasteiger partial charge in [-0.3, -0.25) is 4.79 Å². The topological polar surface area (TPSA) is 141 Å². The number of amides is 3. The first-order valence-corrected chi connectivity index (χ1v) is 14.3. The molecular weight excluding hydrogens is 508 g/mol. The van der Waals surface area contributed by atoms with Gasteiger partial charge in [0, 0.05) is 42.3 Å². The average Bonchev–Trinajstić information content (AvgIpc) is 3.67. The van der Waals surface area contributed by atoms with Crippen molar-refractivity contribution in [2.45, 2.75) is 77.4 Å². The lowest BCUT2D eigenvalue weighted by atomic mass is 9.95. The van der Waals surface area contributed by atoms with E-state index in [4.69, 9.17) is 0 Å². The number of aryl methyl sites for hydroxylation is 2. The standard InChI is InChI=1S/C30H40N6O4/c1-16(2)11-24(34-30(40)33-22-13-18-9-10-19(22)12-18)28(37)32-23(27-31-17(3)26(35-27)29(38)39)14-20-15-36(4)25-8-6-5-7-21(20)25/h5-8,15-16,18-19,22-24H,9-14H2,1-4H3,(H,31,35)(H,32,37)(H,38,39)(H2,33,34,40)/t18-,19+,22+,23+,24-/m0/s1. The molecule has 2 aliphatic carbocycles. The van der Waals surface area contributed by atoms with Crippen molar-refractivity contribution in [1.29, 1.82) is 0 Å². The van der Waals surface area contributed by atoms with Crippen LogP contribution in [0.15, 0.2) is 30.5 Å². The number of nitrogens with zero attached hydrogens (tertiary/aromatic N) is 2. The van der Waals surface area contributed by atoms with Gasteiger partial charge in [0.15, 0.2) is 5.69 Å². The van der Waals surface area contributed by atoms with Crippen molar-refractivity contribution in [3.8, 4) is 0 Å². The van der Waals surface area contributed by atoms with E-state index in [2.05, 4.69) is 25.9 Å². The first kappa shape index (κ1) is 27.7. The largest absolute Gasteiger partial charge is 0.476 e. The van der Waals surface area contributed by atoms with Gasteiger partial charge in [0.2, 0.25) is 5.91 Å². The van der Waals surface area contributed by atoms with Gasteiger partial charge in [0.25, 0.3) is 0 Å². The average molecular weight is 549 g/mol. The smallest absolute Gasteiger partial charge is 0.356 e. The van der Waals surface area contributed by atoms with E-state index in [9.17, 15) is 19.5 Å². The van der Waals surface area contributed by atoms with Crippen LogP contribution in [0.1, 0.15) is 79.6 Å². The van der Waals surface area contributed by atoms with E-state index in [1.807, 2.05) is 55.9 Å². The molecule has 3 aromatic rings. The molecule has 5 rings (SSSR count). The maximum Gasteiger partial charge on any atom is 0.356 e. The Morgan fingerprint density at radius 2 is 1.93 bits per heavy atom. The van der Waals surface area contributed by atoms with E-state index in [1.54, 1.807) is 6.92 Å². The van der Waals surface area contributed by atoms with Crippen molar-refractivity contribution in [3.05, 3.63) is 53.2 Å². The highest BCUT2D eigenvalue weighted by Crippen LogP contribution is 2.44. The molecule has 0 radical (unpaired) electrons. The quantitative estimate of drug-likeness (QED) is 0.258. The Labute approximate surface area is 234 Å². The summed E-state index contributed by atoms with van der Waals surface area (Å²) < 4.78 is 2.03. The summed E-state index contributed by atoms with van der Waals surface area (Å²) in [7, 11) is 1.97. The lowest BCUT2D eigenvalue weighted by Crippen LogP contribution is -2.53. The summed E-state index contributed by atoms with van der Waals surface area (Å²) in [6, 6.07) is 6.48. The van der Waals surface area contributed by atoms with Crippen LogP contribution in [-0.4, -0.2) is 49.6 Å². The lowest BCUT2D eigenvalue weighted by molar-refractivity contribution is -0.124. The third-order valence-corrected chi connectivity index (χ3v) is 8.54. The number of H-pyrrole nitrogens is 1. The molecule has 5 atom stereocenters. The number of rotatable bonds is 10. The fourth-order valence-electron chi connectivity index (χ4n) is 6.65. The number of carbonyl (C=O) groups excluding carboxylic acids is 2. The van der Waals surface area contributed by atoms with Gasteiger partial charge in [-0.1, -0.05) is 38.5 Å². The van der Waals surface area contributed by atoms with Crippen LogP contribution in [0.2, 0.25) is 0 Å². The SMILES string of the molecule is Cc1[nH]c([C@@H](Cc2cn(C)c3ccccc23)NC(=O)[C@H](CC(C)C)NC(=O)N[C@@H]2C[C@H]3CC[C@@H]2C3)nc1C(=O)O. The molecule has 1 aromatic carbocycles. The number of benzene rings is 1. The molecule has 2 fully saturated rings. The van der Waals surface area contributed by atoms with Gasteiger partial charge in [-0.15, -0.1) is 0 Å². The monoisotopic (exact) mass is 548 g/mol. The lowest BCUT2D eigenvalue weighted by Gasteiger charge is -2.27. The van der Waals surface area contributed by atoms with Gasteiger partial charge in [-0.25, -0.2) is 14.6 Å². The normalized spacial score (nSPS) is 21.5. The van der Waals surface area contributed by atoms with Gasteiger partial charge >= 0.3 is 12.0 Å². The van der Waals surface area contributed by atoms with Crippen LogP contribution >= 0.6 is 0 Å². The summed E-state index contributed by atoms with van der Waals surface area (Å²) in [5.74, 6) is 0.307. The molecule has 40 heavy (non-hydrogen) atoms. The Bertz CT molecular complexity index is 1410. The van der Waals surface area contributed by atoms with Gasteiger partial charge in [0.05, 0.1) is 6.04 Å². The van der Waals surface area contributed by atoms with Gasteiger partial charge in [-0.05, 0) is 62.0 Å². The van der Waals surface area contributed by atoms with Crippen molar-refractivity contribution >= 4 is 28.8 Å². The van der Waals surface area contributed by atoms with Crippen LogP contribution in [0, 0.1) is 24.7 Å². The second kappa shape index (κ2) is 11.3. The Morgan fingerprint density at radius 3 is 2.58 bits per heavy atom. The number of carboxylic acids is 1. The van der Waals surface area contributed by atoms with Crippen LogP contribution in [0.5, 0.6) is 0 Å². The number of aromatic nitrogens is 3. The molecule has 0 spiro atoms. The van der Waals surface area contributed by atoms with Gasteiger partial charge in [0.1, 0.15) is 11.9 Å². The highest BCUT2D eigenvalue weighted by atomic mass is 16.4. The maximum absolute atomic E-state index is 13.7. The minimum Gasteiger partial charge on any atom is -0.476 e. The second-order valence-electron chi connectivity index (χ2n) is 12.0. The van der Waals surface area contributed by atoms with Gasteiger partial charge in [-0.2, -0.15) is 0 Å². The summed E-state index contributed by atoms with van der Waals surface area (Å²) in [6.07, 6.45) is 7.47. The molecule has 2 heterocycles. The van der Waals surface area contributed by atoms with E-state index in [-0.39, 0.29) is 29.6 Å². The molecule has 10 heteroatoms. The van der Waals surface area contributed by atoms with E-state index < -0.39 is 18.1 Å². The van der Waals surface area contributed by atoms with E-state index in [0.717, 1.165) is 29.3 Å². The van der Waals surface area contributed by atoms with Crippen molar-refractivity contribution in [1.82, 2.24) is 30.5 Å². The number of para-hydroxylation sites is 1. The number of hydrogen-bond acceptors (Lipinski definition) is 4. The Hall–Kier alpha value is -3.82. The molecule has 2 aliphatic rings. The predicted molar refractivity (Wildman–Crippen MR) is 152 cm³/mol. The zero-order valence-electron chi connectivity index (χ0n) is 23.7. The molecule has 5 N–H and O–H groups in total. The molecule has 0 unspecified atom stereocenters. The molecule has 0 saturated heterocycles. The number of fused-ring (bicyclic) bond motifs is 3. The molecule has 10 nitrogen and oxygen atoms in total. The molecule has 0 aliphatic heterocycles. The van der Waals surface area contributed by atoms with Crippen LogP contribution in [-0.2, 0) is 18.3 Å².